The van der Waals surface area contributed by atoms with Crippen LogP contribution in [0.25, 0.3) is 22.4 Å². The molecule has 0 atom stereocenters. The largest absolute Gasteiger partial charge is 0.349 e. The molecule has 2 saturated carbocycles. The first-order valence-corrected chi connectivity index (χ1v) is 12.9. The number of carbonyl (C=O) groups is 2. The summed E-state index contributed by atoms with van der Waals surface area (Å²) in [5.41, 5.74) is 4.08. The second-order valence-electron chi connectivity index (χ2n) is 9.88. The zero-order valence-corrected chi connectivity index (χ0v) is 19.7. The first kappa shape index (κ1) is 22.6. The van der Waals surface area contributed by atoms with E-state index in [1.165, 1.54) is 32.1 Å². The zero-order chi connectivity index (χ0) is 23.3. The minimum Gasteiger partial charge on any atom is -0.349 e. The monoisotopic (exact) mass is 458 g/mol. The van der Waals surface area contributed by atoms with Gasteiger partial charge in [-0.3, -0.25) is 9.59 Å². The summed E-state index contributed by atoms with van der Waals surface area (Å²) in [5, 5.41) is 6.26. The number of hydrogen-bond acceptors (Lipinski definition) is 3. The highest BCUT2D eigenvalue weighted by Crippen LogP contribution is 2.26. The second-order valence-corrected chi connectivity index (χ2v) is 9.88. The lowest BCUT2D eigenvalue weighted by atomic mass is 9.95. The number of H-pyrrole nitrogens is 1. The van der Waals surface area contributed by atoms with E-state index in [9.17, 15) is 9.59 Å². The molecule has 0 radical (unpaired) electrons. The number of imidazole rings is 1. The van der Waals surface area contributed by atoms with Crippen LogP contribution in [0.1, 0.15) is 81.0 Å². The van der Waals surface area contributed by atoms with E-state index in [0.29, 0.717) is 5.56 Å². The zero-order valence-electron chi connectivity index (χ0n) is 19.7. The van der Waals surface area contributed by atoms with Gasteiger partial charge in [-0.05, 0) is 68.1 Å². The molecule has 0 saturated heterocycles. The molecule has 3 aromatic rings. The van der Waals surface area contributed by atoms with Gasteiger partial charge in [-0.25, -0.2) is 4.98 Å². The fourth-order valence-corrected chi connectivity index (χ4v) is 5.30. The first-order valence-electron chi connectivity index (χ1n) is 12.9. The summed E-state index contributed by atoms with van der Waals surface area (Å²) >= 11 is 0. The number of rotatable bonds is 5. The highest BCUT2D eigenvalue weighted by atomic mass is 16.2. The van der Waals surface area contributed by atoms with Crippen molar-refractivity contribution in [2.75, 3.05) is 5.32 Å². The minimum absolute atomic E-state index is 0.0212. The van der Waals surface area contributed by atoms with Crippen molar-refractivity contribution in [3.05, 3.63) is 48.0 Å². The van der Waals surface area contributed by atoms with E-state index in [1.807, 2.05) is 42.5 Å². The van der Waals surface area contributed by atoms with Crippen LogP contribution in [0.3, 0.4) is 0 Å². The van der Waals surface area contributed by atoms with Crippen LogP contribution >= 0.6 is 0 Å². The predicted octanol–water partition coefficient (Wildman–Crippen LogP) is 6.20. The Morgan fingerprint density at radius 1 is 0.824 bits per heavy atom. The van der Waals surface area contributed by atoms with Crippen LogP contribution < -0.4 is 10.6 Å². The average molecular weight is 459 g/mol. The van der Waals surface area contributed by atoms with Gasteiger partial charge >= 0.3 is 0 Å². The molecule has 5 rings (SSSR count). The van der Waals surface area contributed by atoms with Crippen LogP contribution in [0, 0.1) is 5.92 Å². The van der Waals surface area contributed by atoms with E-state index in [0.717, 1.165) is 66.6 Å². The van der Waals surface area contributed by atoms with Crippen LogP contribution in [0.2, 0.25) is 0 Å². The van der Waals surface area contributed by atoms with E-state index < -0.39 is 0 Å². The summed E-state index contributed by atoms with van der Waals surface area (Å²) in [4.78, 5) is 33.4. The molecule has 34 heavy (non-hydrogen) atoms. The molecule has 0 bridgehead atoms. The smallest absolute Gasteiger partial charge is 0.251 e. The normalized spacial score (nSPS) is 17.9. The quantitative estimate of drug-likeness (QED) is 0.398. The van der Waals surface area contributed by atoms with E-state index in [4.69, 9.17) is 4.98 Å². The van der Waals surface area contributed by atoms with Crippen molar-refractivity contribution in [1.82, 2.24) is 15.3 Å². The first-order chi connectivity index (χ1) is 16.7. The van der Waals surface area contributed by atoms with E-state index >= 15 is 0 Å². The number of fused-ring (bicyclic) bond motifs is 1. The molecule has 0 aliphatic heterocycles. The molecule has 0 unspecified atom stereocenters. The fourth-order valence-electron chi connectivity index (χ4n) is 5.30. The number of aromatic nitrogens is 2. The molecule has 0 spiro atoms. The fraction of sp³-hybridized carbons (Fsp3) is 0.464. The van der Waals surface area contributed by atoms with Gasteiger partial charge in [-0.15, -0.1) is 0 Å². The molecule has 6 nitrogen and oxygen atoms in total. The highest BCUT2D eigenvalue weighted by Gasteiger charge is 2.20. The molecular formula is C28H34N4O2. The number of carbonyl (C=O) groups excluding carboxylic acids is 2. The molecule has 2 aliphatic rings. The molecule has 2 aromatic carbocycles. The van der Waals surface area contributed by atoms with E-state index in [-0.39, 0.29) is 23.8 Å². The average Bonchev–Trinajstić information content (AvgIpc) is 3.09. The standard InChI is InChI=1S/C28H34N4O2/c33-27(20-8-4-1-2-5-9-20)30-23-15-12-19(13-16-23)26-31-24-17-14-21(18-25(24)32-26)28(34)29-22-10-6-3-7-11-22/h12-18,20,22H,1-11H2,(H,29,34)(H,30,33)(H,31,32). The van der Waals surface area contributed by atoms with Gasteiger partial charge in [0.15, 0.2) is 0 Å². The van der Waals surface area contributed by atoms with Crippen molar-refractivity contribution in [3.8, 4) is 11.4 Å². The molecule has 2 fully saturated rings. The summed E-state index contributed by atoms with van der Waals surface area (Å²) in [7, 11) is 0. The van der Waals surface area contributed by atoms with E-state index in [2.05, 4.69) is 15.6 Å². The molecule has 6 heteroatoms. The van der Waals surface area contributed by atoms with Gasteiger partial charge in [0, 0.05) is 28.8 Å². The van der Waals surface area contributed by atoms with Gasteiger partial charge in [0.2, 0.25) is 5.91 Å². The lowest BCUT2D eigenvalue weighted by Crippen LogP contribution is -2.36. The summed E-state index contributed by atoms with van der Waals surface area (Å²) < 4.78 is 0. The number of nitrogens with zero attached hydrogens (tertiary/aromatic N) is 1. The van der Waals surface area contributed by atoms with Crippen molar-refractivity contribution >= 4 is 28.5 Å². The van der Waals surface area contributed by atoms with Crippen molar-refractivity contribution in [3.63, 3.8) is 0 Å². The van der Waals surface area contributed by atoms with Crippen molar-refractivity contribution in [1.29, 1.82) is 0 Å². The van der Waals surface area contributed by atoms with Crippen molar-refractivity contribution < 1.29 is 9.59 Å². The Morgan fingerprint density at radius 2 is 1.50 bits per heavy atom. The second kappa shape index (κ2) is 10.4. The number of benzene rings is 2. The van der Waals surface area contributed by atoms with Crippen molar-refractivity contribution in [2.45, 2.75) is 76.7 Å². The summed E-state index contributed by atoms with van der Waals surface area (Å²) in [6, 6.07) is 13.7. The molecule has 2 amide bonds. The molecule has 3 N–H and O–H groups in total. The Bertz CT molecular complexity index is 1140. The van der Waals surface area contributed by atoms with Crippen molar-refractivity contribution in [2.24, 2.45) is 5.92 Å². The van der Waals surface area contributed by atoms with Gasteiger partial charge in [-0.1, -0.05) is 44.9 Å². The Hall–Kier alpha value is -3.15. The number of nitrogens with one attached hydrogen (secondary N) is 3. The molecular weight excluding hydrogens is 424 g/mol. The Morgan fingerprint density at radius 3 is 2.24 bits per heavy atom. The maximum absolute atomic E-state index is 12.7. The maximum Gasteiger partial charge on any atom is 0.251 e. The third-order valence-electron chi connectivity index (χ3n) is 7.34. The highest BCUT2D eigenvalue weighted by molar-refractivity contribution is 5.98. The third-order valence-corrected chi connectivity index (χ3v) is 7.34. The lowest BCUT2D eigenvalue weighted by molar-refractivity contribution is -0.120. The molecule has 1 aromatic heterocycles. The number of aromatic amines is 1. The SMILES string of the molecule is O=C(NC1CCCCC1)c1ccc2[nH]c(-c3ccc(NC(=O)C4CCCCCC4)cc3)nc2c1. The minimum atomic E-state index is -0.0212. The van der Waals surface area contributed by atoms with Gasteiger partial charge in [0.05, 0.1) is 11.0 Å². The van der Waals surface area contributed by atoms with Gasteiger partial charge in [0.1, 0.15) is 5.82 Å². The van der Waals surface area contributed by atoms with Crippen LogP contribution in [-0.4, -0.2) is 27.8 Å². The van der Waals surface area contributed by atoms with Crippen LogP contribution in [0.4, 0.5) is 5.69 Å². The third kappa shape index (κ3) is 5.32. The summed E-state index contributed by atoms with van der Waals surface area (Å²) in [6.07, 6.45) is 12.5. The Kier molecular flexibility index (Phi) is 6.93. The van der Waals surface area contributed by atoms with Gasteiger partial charge in [0.25, 0.3) is 5.91 Å². The van der Waals surface area contributed by atoms with E-state index in [1.54, 1.807) is 0 Å². The number of anilines is 1. The lowest BCUT2D eigenvalue weighted by Gasteiger charge is -2.22. The summed E-state index contributed by atoms with van der Waals surface area (Å²) in [5.74, 6) is 0.994. The van der Waals surface area contributed by atoms with Crippen LogP contribution in [0.15, 0.2) is 42.5 Å². The molecule has 1 heterocycles. The Labute approximate surface area is 200 Å². The Balaban J connectivity index is 1.25. The van der Waals surface area contributed by atoms with Crippen LogP contribution in [-0.2, 0) is 4.79 Å². The van der Waals surface area contributed by atoms with Gasteiger partial charge in [-0.2, -0.15) is 0 Å². The maximum atomic E-state index is 12.7. The number of amides is 2. The molecule has 178 valence electrons. The molecule has 2 aliphatic carbocycles. The topological polar surface area (TPSA) is 86.9 Å². The predicted molar refractivity (Wildman–Crippen MR) is 136 cm³/mol. The van der Waals surface area contributed by atoms with Gasteiger partial charge < -0.3 is 15.6 Å². The van der Waals surface area contributed by atoms with Crippen LogP contribution in [0.5, 0.6) is 0 Å². The number of hydrogen-bond donors (Lipinski definition) is 3. The summed E-state index contributed by atoms with van der Waals surface area (Å²) in [6.45, 7) is 0.